The maximum atomic E-state index is 14.4. The number of pyridine rings is 1. The van der Waals surface area contributed by atoms with Crippen LogP contribution in [0.15, 0.2) is 30.5 Å². The number of rotatable bonds is 6. The number of nitrogens with zero attached hydrogens (tertiary/aromatic N) is 2. The van der Waals surface area contributed by atoms with Gasteiger partial charge in [0, 0.05) is 30.2 Å². The lowest BCUT2D eigenvalue weighted by atomic mass is 9.91. The molecule has 0 bridgehead atoms. The standard InChI is InChI=1S/C26H31F4N3O2/c1-16-4-8-21(15-31-16)25(35)32-23-13-22(27)12-20(18(23)3)9-7-19-6-5-17(2)33(11-10-19)24(34)14-26(28,29)30/h4,8,12-13,15,17,19H,5-7,9-11,14H2,1-3H3,(H,32,35)/t17-,19?/m0/s1. The second-order valence-electron chi connectivity index (χ2n) is 9.38. The molecule has 0 spiro atoms. The van der Waals surface area contributed by atoms with E-state index in [1.807, 2.05) is 13.8 Å². The van der Waals surface area contributed by atoms with Crippen LogP contribution in [0, 0.1) is 25.6 Å². The van der Waals surface area contributed by atoms with E-state index in [0.717, 1.165) is 23.2 Å². The predicted molar refractivity (Wildman–Crippen MR) is 126 cm³/mol. The van der Waals surface area contributed by atoms with Crippen LogP contribution < -0.4 is 5.32 Å². The molecule has 190 valence electrons. The fourth-order valence-corrected chi connectivity index (χ4v) is 4.53. The highest BCUT2D eigenvalue weighted by atomic mass is 19.4. The van der Waals surface area contributed by atoms with E-state index in [1.54, 1.807) is 19.1 Å². The number of alkyl halides is 3. The number of anilines is 1. The van der Waals surface area contributed by atoms with E-state index < -0.39 is 24.3 Å². The van der Waals surface area contributed by atoms with Gasteiger partial charge in [0.1, 0.15) is 12.2 Å². The maximum absolute atomic E-state index is 14.4. The summed E-state index contributed by atoms with van der Waals surface area (Å²) in [6.45, 7) is 5.71. The molecular formula is C26H31F4N3O2. The smallest absolute Gasteiger partial charge is 0.340 e. The van der Waals surface area contributed by atoms with Crippen molar-refractivity contribution in [2.75, 3.05) is 11.9 Å². The minimum atomic E-state index is -4.51. The van der Waals surface area contributed by atoms with Crippen molar-refractivity contribution in [3.63, 3.8) is 0 Å². The molecule has 2 atom stereocenters. The maximum Gasteiger partial charge on any atom is 0.397 e. The lowest BCUT2D eigenvalue weighted by Crippen LogP contribution is -2.40. The Morgan fingerprint density at radius 1 is 1.14 bits per heavy atom. The summed E-state index contributed by atoms with van der Waals surface area (Å²) < 4.78 is 52.4. The topological polar surface area (TPSA) is 62.3 Å². The van der Waals surface area contributed by atoms with Gasteiger partial charge in [0.05, 0.1) is 5.56 Å². The highest BCUT2D eigenvalue weighted by Crippen LogP contribution is 2.30. The molecule has 1 aliphatic rings. The third-order valence-corrected chi connectivity index (χ3v) is 6.70. The summed E-state index contributed by atoms with van der Waals surface area (Å²) in [5, 5.41) is 2.76. The van der Waals surface area contributed by atoms with Crippen molar-refractivity contribution in [2.24, 2.45) is 5.92 Å². The molecule has 1 unspecified atom stereocenters. The average Bonchev–Trinajstić information content (AvgIpc) is 2.95. The van der Waals surface area contributed by atoms with E-state index in [2.05, 4.69) is 10.3 Å². The molecule has 0 aliphatic carbocycles. The Morgan fingerprint density at radius 2 is 1.89 bits per heavy atom. The molecule has 2 amide bonds. The van der Waals surface area contributed by atoms with Gasteiger partial charge in [-0.3, -0.25) is 14.6 Å². The lowest BCUT2D eigenvalue weighted by molar-refractivity contribution is -0.162. The molecule has 1 fully saturated rings. The SMILES string of the molecule is Cc1ccc(C(=O)Nc2cc(F)cc(CCC3CC[C@H](C)N(C(=O)CC(F)(F)F)CC3)c2C)cn1. The van der Waals surface area contributed by atoms with Crippen molar-refractivity contribution in [3.8, 4) is 0 Å². The molecule has 2 aromatic rings. The molecule has 5 nitrogen and oxygen atoms in total. The lowest BCUT2D eigenvalue weighted by Gasteiger charge is -2.27. The Morgan fingerprint density at radius 3 is 2.54 bits per heavy atom. The Balaban J connectivity index is 1.63. The third-order valence-electron chi connectivity index (χ3n) is 6.70. The van der Waals surface area contributed by atoms with E-state index in [1.165, 1.54) is 23.2 Å². The number of amides is 2. The fraction of sp³-hybridized carbons (Fsp3) is 0.500. The third kappa shape index (κ3) is 7.50. The largest absolute Gasteiger partial charge is 0.397 e. The number of nitrogens with one attached hydrogen (secondary N) is 1. The molecule has 1 aromatic carbocycles. The van der Waals surface area contributed by atoms with E-state index in [-0.39, 0.29) is 24.4 Å². The van der Waals surface area contributed by atoms with Crippen LogP contribution in [-0.4, -0.2) is 40.5 Å². The van der Waals surface area contributed by atoms with Gasteiger partial charge in [0.25, 0.3) is 5.91 Å². The monoisotopic (exact) mass is 493 g/mol. The first-order chi connectivity index (χ1) is 16.4. The van der Waals surface area contributed by atoms with Crippen LogP contribution >= 0.6 is 0 Å². The second-order valence-corrected chi connectivity index (χ2v) is 9.38. The number of aryl methyl sites for hydroxylation is 2. The van der Waals surface area contributed by atoms with Crippen LogP contribution in [0.3, 0.4) is 0 Å². The first-order valence-electron chi connectivity index (χ1n) is 11.8. The molecule has 1 aromatic heterocycles. The van der Waals surface area contributed by atoms with Crippen molar-refractivity contribution in [2.45, 2.75) is 71.5 Å². The van der Waals surface area contributed by atoms with Gasteiger partial charge in [-0.2, -0.15) is 13.2 Å². The van der Waals surface area contributed by atoms with Crippen molar-refractivity contribution >= 4 is 17.5 Å². The second kappa shape index (κ2) is 11.2. The average molecular weight is 494 g/mol. The van der Waals surface area contributed by atoms with E-state index in [0.29, 0.717) is 36.9 Å². The number of carbonyl (C=O) groups excluding carboxylic acids is 2. The highest BCUT2D eigenvalue weighted by molar-refractivity contribution is 6.04. The Labute approximate surface area is 202 Å². The van der Waals surface area contributed by atoms with Crippen molar-refractivity contribution in [3.05, 3.63) is 58.7 Å². The number of aromatic nitrogens is 1. The molecule has 1 N–H and O–H groups in total. The molecule has 1 aliphatic heterocycles. The van der Waals surface area contributed by atoms with Gasteiger partial charge in [-0.25, -0.2) is 4.39 Å². The molecule has 1 saturated heterocycles. The number of likely N-dealkylation sites (tertiary alicyclic amines) is 1. The number of halogens is 4. The zero-order valence-electron chi connectivity index (χ0n) is 20.2. The van der Waals surface area contributed by atoms with Crippen LogP contribution in [0.5, 0.6) is 0 Å². The van der Waals surface area contributed by atoms with Gasteiger partial charge < -0.3 is 10.2 Å². The summed E-state index contributed by atoms with van der Waals surface area (Å²) in [7, 11) is 0. The molecular weight excluding hydrogens is 462 g/mol. The normalized spacial score (nSPS) is 18.8. The molecule has 2 heterocycles. The van der Waals surface area contributed by atoms with E-state index >= 15 is 0 Å². The van der Waals surface area contributed by atoms with Crippen molar-refractivity contribution in [1.29, 1.82) is 0 Å². The molecule has 9 heteroatoms. The van der Waals surface area contributed by atoms with Crippen LogP contribution in [0.25, 0.3) is 0 Å². The summed E-state index contributed by atoms with van der Waals surface area (Å²) in [5.74, 6) is -1.50. The van der Waals surface area contributed by atoms with Gasteiger partial charge >= 0.3 is 6.18 Å². The Hall–Kier alpha value is -2.97. The zero-order chi connectivity index (χ0) is 25.8. The zero-order valence-corrected chi connectivity index (χ0v) is 20.2. The predicted octanol–water partition coefficient (Wildman–Crippen LogP) is 5.99. The summed E-state index contributed by atoms with van der Waals surface area (Å²) in [4.78, 5) is 30.1. The van der Waals surface area contributed by atoms with Crippen LogP contribution in [0.1, 0.15) is 66.2 Å². The van der Waals surface area contributed by atoms with Gasteiger partial charge in [0.2, 0.25) is 5.91 Å². The van der Waals surface area contributed by atoms with Crippen molar-refractivity contribution in [1.82, 2.24) is 9.88 Å². The van der Waals surface area contributed by atoms with E-state index in [9.17, 15) is 27.2 Å². The summed E-state index contributed by atoms with van der Waals surface area (Å²) in [5.41, 5.74) is 3.09. The Kier molecular flexibility index (Phi) is 8.51. The van der Waals surface area contributed by atoms with Gasteiger partial charge in [-0.15, -0.1) is 0 Å². The van der Waals surface area contributed by atoms with Gasteiger partial charge in [0.15, 0.2) is 0 Å². The number of carbonyl (C=O) groups is 2. The minimum Gasteiger partial charge on any atom is -0.340 e. The minimum absolute atomic E-state index is 0.209. The van der Waals surface area contributed by atoms with Crippen molar-refractivity contribution < 1.29 is 27.2 Å². The van der Waals surface area contributed by atoms with E-state index in [4.69, 9.17) is 0 Å². The Bertz CT molecular complexity index is 1050. The molecule has 3 rings (SSSR count). The first kappa shape index (κ1) is 26.6. The summed E-state index contributed by atoms with van der Waals surface area (Å²) >= 11 is 0. The first-order valence-corrected chi connectivity index (χ1v) is 11.8. The van der Waals surface area contributed by atoms with Crippen LogP contribution in [0.2, 0.25) is 0 Å². The molecule has 0 saturated carbocycles. The quantitative estimate of drug-likeness (QED) is 0.503. The number of hydrogen-bond acceptors (Lipinski definition) is 3. The highest BCUT2D eigenvalue weighted by Gasteiger charge is 2.35. The molecule has 0 radical (unpaired) electrons. The van der Waals surface area contributed by atoms with Crippen LogP contribution in [0.4, 0.5) is 23.2 Å². The van der Waals surface area contributed by atoms with Gasteiger partial charge in [-0.05, 0) is 94.2 Å². The summed E-state index contributed by atoms with van der Waals surface area (Å²) in [6.07, 6.45) is -1.18. The van der Waals surface area contributed by atoms with Gasteiger partial charge in [-0.1, -0.05) is 0 Å². The summed E-state index contributed by atoms with van der Waals surface area (Å²) in [6, 6.07) is 5.88. The fourth-order valence-electron chi connectivity index (χ4n) is 4.53. The molecule has 35 heavy (non-hydrogen) atoms. The number of hydrogen-bond donors (Lipinski definition) is 1. The van der Waals surface area contributed by atoms with Crippen LogP contribution in [-0.2, 0) is 11.2 Å². The number of benzene rings is 1.